The van der Waals surface area contributed by atoms with Crippen molar-refractivity contribution in [2.24, 2.45) is 0 Å². The molecular weight excluding hydrogens is 170 g/mol. The van der Waals surface area contributed by atoms with Crippen LogP contribution in [-0.2, 0) is 0 Å². The van der Waals surface area contributed by atoms with Gasteiger partial charge in [-0.3, -0.25) is 0 Å². The van der Waals surface area contributed by atoms with Crippen LogP contribution in [0.25, 0.3) is 11.5 Å². The van der Waals surface area contributed by atoms with Crippen molar-refractivity contribution in [3.63, 3.8) is 0 Å². The lowest BCUT2D eigenvalue weighted by atomic mass is 10.3. The molecule has 0 spiro atoms. The van der Waals surface area contributed by atoms with Crippen molar-refractivity contribution in [2.75, 3.05) is 0 Å². The number of furan rings is 2. The van der Waals surface area contributed by atoms with Gasteiger partial charge in [-0.25, -0.2) is 0 Å². The van der Waals surface area contributed by atoms with Gasteiger partial charge in [0.1, 0.15) is 6.07 Å². The topological polar surface area (TPSA) is 70.3 Å². The molecule has 2 rings (SSSR count). The average molecular weight is 175 g/mol. The number of rotatable bonds is 1. The molecule has 4 nitrogen and oxygen atoms in total. The van der Waals surface area contributed by atoms with Crippen molar-refractivity contribution in [3.8, 4) is 23.3 Å². The molecule has 64 valence electrons. The largest absolute Gasteiger partial charge is 0.504 e. The van der Waals surface area contributed by atoms with Gasteiger partial charge in [0.15, 0.2) is 11.5 Å². The third-order valence-electron chi connectivity index (χ3n) is 1.57. The molecule has 0 saturated heterocycles. The fourth-order valence-electron chi connectivity index (χ4n) is 1.02. The molecule has 2 aromatic rings. The molecule has 0 bridgehead atoms. The number of hydrogen-bond donors (Lipinski definition) is 1. The molecule has 0 fully saturated rings. The van der Waals surface area contributed by atoms with Crippen LogP contribution in [0.1, 0.15) is 5.76 Å². The predicted octanol–water partition coefficient (Wildman–Crippen LogP) is 2.12. The maximum absolute atomic E-state index is 9.33. The van der Waals surface area contributed by atoms with E-state index in [1.165, 1.54) is 12.3 Å². The highest BCUT2D eigenvalue weighted by Crippen LogP contribution is 2.32. The van der Waals surface area contributed by atoms with Crippen molar-refractivity contribution in [3.05, 3.63) is 30.2 Å². The van der Waals surface area contributed by atoms with E-state index in [1.807, 2.05) is 0 Å². The lowest BCUT2D eigenvalue weighted by Gasteiger charge is -1.89. The van der Waals surface area contributed by atoms with Gasteiger partial charge in [-0.05, 0) is 12.1 Å². The zero-order chi connectivity index (χ0) is 9.26. The Morgan fingerprint density at radius 2 is 2.31 bits per heavy atom. The summed E-state index contributed by atoms with van der Waals surface area (Å²) in [6, 6.07) is 6.34. The maximum Gasteiger partial charge on any atom is 0.212 e. The van der Waals surface area contributed by atoms with Gasteiger partial charge in [0.2, 0.25) is 11.5 Å². The molecule has 4 heteroatoms. The third kappa shape index (κ3) is 1.16. The van der Waals surface area contributed by atoms with Gasteiger partial charge in [0.05, 0.1) is 6.26 Å². The number of hydrogen-bond acceptors (Lipinski definition) is 4. The minimum absolute atomic E-state index is 0.0592. The van der Waals surface area contributed by atoms with E-state index in [-0.39, 0.29) is 17.3 Å². The Kier molecular flexibility index (Phi) is 1.57. The van der Waals surface area contributed by atoms with E-state index in [0.717, 1.165) is 0 Å². The van der Waals surface area contributed by atoms with E-state index in [0.29, 0.717) is 5.76 Å². The van der Waals surface area contributed by atoms with Crippen LogP contribution >= 0.6 is 0 Å². The zero-order valence-electron chi connectivity index (χ0n) is 6.52. The normalized spacial score (nSPS) is 9.77. The second-order valence-corrected chi connectivity index (χ2v) is 2.41. The highest BCUT2D eigenvalue weighted by molar-refractivity contribution is 5.59. The van der Waals surface area contributed by atoms with Gasteiger partial charge < -0.3 is 13.9 Å². The summed E-state index contributed by atoms with van der Waals surface area (Å²) in [6.45, 7) is 0. The smallest absolute Gasteiger partial charge is 0.212 e. The summed E-state index contributed by atoms with van der Waals surface area (Å²) in [7, 11) is 0. The van der Waals surface area contributed by atoms with Gasteiger partial charge in [-0.15, -0.1) is 0 Å². The van der Waals surface area contributed by atoms with Crippen molar-refractivity contribution >= 4 is 0 Å². The Morgan fingerprint density at radius 3 is 2.85 bits per heavy atom. The first kappa shape index (κ1) is 7.50. The Labute approximate surface area is 73.6 Å². The third-order valence-corrected chi connectivity index (χ3v) is 1.57. The standard InChI is InChI=1S/C9H5NO3/c10-5-6-4-7(11)9(13-6)8-2-1-3-12-8/h1-4,11H. The molecule has 0 saturated carbocycles. The van der Waals surface area contributed by atoms with Crippen LogP contribution in [0.4, 0.5) is 0 Å². The van der Waals surface area contributed by atoms with Crippen LogP contribution in [0.2, 0.25) is 0 Å². The lowest BCUT2D eigenvalue weighted by molar-refractivity contribution is 0.453. The summed E-state index contributed by atoms with van der Waals surface area (Å²) in [5.74, 6) is 0.552. The number of aromatic hydroxyl groups is 1. The SMILES string of the molecule is N#Cc1cc(O)c(-c2ccco2)o1. The predicted molar refractivity (Wildman–Crippen MR) is 42.8 cm³/mol. The molecule has 0 aliphatic rings. The minimum atomic E-state index is -0.0912. The van der Waals surface area contributed by atoms with E-state index in [4.69, 9.17) is 14.1 Å². The summed E-state index contributed by atoms with van der Waals surface area (Å²) in [6.07, 6.45) is 1.46. The van der Waals surface area contributed by atoms with E-state index < -0.39 is 0 Å². The van der Waals surface area contributed by atoms with Crippen molar-refractivity contribution < 1.29 is 13.9 Å². The molecule has 0 radical (unpaired) electrons. The van der Waals surface area contributed by atoms with Crippen LogP contribution in [0.15, 0.2) is 33.3 Å². The zero-order valence-corrected chi connectivity index (χ0v) is 6.52. The van der Waals surface area contributed by atoms with Gasteiger partial charge in [-0.1, -0.05) is 0 Å². The summed E-state index contributed by atoms with van der Waals surface area (Å²) in [4.78, 5) is 0. The number of nitriles is 1. The van der Waals surface area contributed by atoms with E-state index in [9.17, 15) is 5.11 Å². The molecule has 0 atom stereocenters. The van der Waals surface area contributed by atoms with Gasteiger partial charge in [-0.2, -0.15) is 5.26 Å². The molecule has 0 aliphatic heterocycles. The van der Waals surface area contributed by atoms with E-state index >= 15 is 0 Å². The molecule has 1 N–H and O–H groups in total. The van der Waals surface area contributed by atoms with Crippen LogP contribution in [0, 0.1) is 11.3 Å². The van der Waals surface area contributed by atoms with Crippen molar-refractivity contribution in [2.45, 2.75) is 0 Å². The Hall–Kier alpha value is -2.15. The monoisotopic (exact) mass is 175 g/mol. The summed E-state index contributed by atoms with van der Waals surface area (Å²) < 4.78 is 10.00. The van der Waals surface area contributed by atoms with Crippen LogP contribution in [-0.4, -0.2) is 5.11 Å². The first-order valence-electron chi connectivity index (χ1n) is 3.58. The fourth-order valence-corrected chi connectivity index (χ4v) is 1.02. The summed E-state index contributed by atoms with van der Waals surface area (Å²) in [5.41, 5.74) is 0. The van der Waals surface area contributed by atoms with Crippen molar-refractivity contribution in [1.29, 1.82) is 5.26 Å². The average Bonchev–Trinajstić information content (AvgIpc) is 2.72. The highest BCUT2D eigenvalue weighted by atomic mass is 16.4. The minimum Gasteiger partial charge on any atom is -0.504 e. The fraction of sp³-hybridized carbons (Fsp3) is 0. The van der Waals surface area contributed by atoms with Crippen LogP contribution in [0.3, 0.4) is 0 Å². The summed E-state index contributed by atoms with van der Waals surface area (Å²) in [5, 5.41) is 17.8. The molecule has 13 heavy (non-hydrogen) atoms. The summed E-state index contributed by atoms with van der Waals surface area (Å²) >= 11 is 0. The highest BCUT2D eigenvalue weighted by Gasteiger charge is 2.13. The van der Waals surface area contributed by atoms with Crippen molar-refractivity contribution in [1.82, 2.24) is 0 Å². The van der Waals surface area contributed by atoms with E-state index in [1.54, 1.807) is 18.2 Å². The first-order valence-corrected chi connectivity index (χ1v) is 3.58. The number of nitrogens with zero attached hydrogens (tertiary/aromatic N) is 1. The molecule has 2 heterocycles. The second kappa shape index (κ2) is 2.72. The first-order chi connectivity index (χ1) is 6.31. The molecule has 0 amide bonds. The van der Waals surface area contributed by atoms with E-state index in [2.05, 4.69) is 0 Å². The van der Waals surface area contributed by atoms with Gasteiger partial charge in [0, 0.05) is 6.07 Å². The Bertz CT molecular complexity index is 448. The van der Waals surface area contributed by atoms with Gasteiger partial charge in [0.25, 0.3) is 0 Å². The molecular formula is C9H5NO3. The Balaban J connectivity index is 2.54. The van der Waals surface area contributed by atoms with Crippen LogP contribution in [0.5, 0.6) is 5.75 Å². The van der Waals surface area contributed by atoms with Gasteiger partial charge >= 0.3 is 0 Å². The molecule has 0 aromatic carbocycles. The maximum atomic E-state index is 9.33. The molecule has 2 aromatic heterocycles. The lowest BCUT2D eigenvalue weighted by Crippen LogP contribution is -1.66. The quantitative estimate of drug-likeness (QED) is 0.720. The molecule has 0 aliphatic carbocycles. The molecule has 0 unspecified atom stereocenters. The van der Waals surface area contributed by atoms with Crippen LogP contribution < -0.4 is 0 Å². The Morgan fingerprint density at radius 1 is 1.46 bits per heavy atom. The second-order valence-electron chi connectivity index (χ2n) is 2.41.